The number of carbonyl (C=O) groups excluding carboxylic acids is 1. The molecule has 4 heteroatoms. The Labute approximate surface area is 139 Å². The van der Waals surface area contributed by atoms with E-state index in [1.165, 1.54) is 23.0 Å². The minimum absolute atomic E-state index is 0.0130. The van der Waals surface area contributed by atoms with Crippen molar-refractivity contribution in [2.24, 2.45) is 0 Å². The third-order valence-electron chi connectivity index (χ3n) is 3.86. The van der Waals surface area contributed by atoms with Gasteiger partial charge in [0, 0.05) is 36.6 Å². The monoisotopic (exact) mass is 320 g/mol. The van der Waals surface area contributed by atoms with Crippen molar-refractivity contribution in [2.45, 2.75) is 45.3 Å². The summed E-state index contributed by atoms with van der Waals surface area (Å²) in [6.45, 7) is 14.1. The van der Waals surface area contributed by atoms with Gasteiger partial charge in [-0.3, -0.25) is 4.79 Å². The van der Waals surface area contributed by atoms with Crippen molar-refractivity contribution in [1.29, 1.82) is 0 Å². The molecule has 0 spiro atoms. The molecule has 1 amide bonds. The molecule has 0 radical (unpaired) electrons. The SMILES string of the molecule is CC(C)c1ccc(N2CCN(C(=O)SC(C)(C)C)CC2)cc1. The summed E-state index contributed by atoms with van der Waals surface area (Å²) >= 11 is 1.43. The van der Waals surface area contributed by atoms with Crippen LogP contribution in [0.5, 0.6) is 0 Å². The molecule has 1 aliphatic rings. The molecule has 1 aliphatic heterocycles. The molecule has 0 saturated carbocycles. The highest BCUT2D eigenvalue weighted by molar-refractivity contribution is 8.14. The predicted molar refractivity (Wildman–Crippen MR) is 97.1 cm³/mol. The highest BCUT2D eigenvalue weighted by Crippen LogP contribution is 2.27. The van der Waals surface area contributed by atoms with Gasteiger partial charge in [-0.25, -0.2) is 0 Å². The van der Waals surface area contributed by atoms with Crippen LogP contribution >= 0.6 is 11.8 Å². The second kappa shape index (κ2) is 6.95. The minimum atomic E-state index is -0.0130. The molecule has 1 aromatic carbocycles. The van der Waals surface area contributed by atoms with Gasteiger partial charge in [-0.15, -0.1) is 0 Å². The third-order valence-corrected chi connectivity index (χ3v) is 4.90. The van der Waals surface area contributed by atoms with E-state index >= 15 is 0 Å². The largest absolute Gasteiger partial charge is 0.368 e. The fourth-order valence-electron chi connectivity index (χ4n) is 2.54. The number of nitrogens with zero attached hydrogens (tertiary/aromatic N) is 2. The summed E-state index contributed by atoms with van der Waals surface area (Å²) in [5.41, 5.74) is 2.64. The summed E-state index contributed by atoms with van der Waals surface area (Å²) in [6.07, 6.45) is 0. The Morgan fingerprint density at radius 3 is 2.05 bits per heavy atom. The fourth-order valence-corrected chi connectivity index (χ4v) is 3.38. The van der Waals surface area contributed by atoms with Gasteiger partial charge in [-0.05, 0) is 23.6 Å². The van der Waals surface area contributed by atoms with Crippen molar-refractivity contribution in [3.63, 3.8) is 0 Å². The first-order valence-electron chi connectivity index (χ1n) is 8.09. The molecular formula is C18H28N2OS. The molecular weight excluding hydrogens is 292 g/mol. The van der Waals surface area contributed by atoms with E-state index in [2.05, 4.69) is 63.8 Å². The van der Waals surface area contributed by atoms with Gasteiger partial charge < -0.3 is 9.80 Å². The molecule has 0 N–H and O–H groups in total. The van der Waals surface area contributed by atoms with Crippen molar-refractivity contribution < 1.29 is 4.79 Å². The first-order valence-corrected chi connectivity index (χ1v) is 8.91. The van der Waals surface area contributed by atoms with Crippen molar-refractivity contribution in [3.05, 3.63) is 29.8 Å². The Bertz CT molecular complexity index is 497. The lowest BCUT2D eigenvalue weighted by molar-refractivity contribution is 0.219. The van der Waals surface area contributed by atoms with Gasteiger partial charge in [0.1, 0.15) is 0 Å². The molecule has 0 atom stereocenters. The van der Waals surface area contributed by atoms with Crippen molar-refractivity contribution >= 4 is 22.7 Å². The van der Waals surface area contributed by atoms with Crippen LogP contribution in [-0.4, -0.2) is 41.1 Å². The maximum absolute atomic E-state index is 12.2. The first kappa shape index (κ1) is 17.2. The molecule has 3 nitrogen and oxygen atoms in total. The lowest BCUT2D eigenvalue weighted by Crippen LogP contribution is -2.48. The number of piperazine rings is 1. The molecule has 0 aromatic heterocycles. The van der Waals surface area contributed by atoms with Gasteiger partial charge in [0.15, 0.2) is 0 Å². The smallest absolute Gasteiger partial charge is 0.282 e. The van der Waals surface area contributed by atoms with Gasteiger partial charge in [-0.1, -0.05) is 58.5 Å². The van der Waals surface area contributed by atoms with Crippen molar-refractivity contribution in [3.8, 4) is 0 Å². The predicted octanol–water partition coefficient (Wildman–Crippen LogP) is 4.58. The van der Waals surface area contributed by atoms with Gasteiger partial charge in [0.05, 0.1) is 0 Å². The van der Waals surface area contributed by atoms with E-state index in [4.69, 9.17) is 0 Å². The number of hydrogen-bond acceptors (Lipinski definition) is 3. The Balaban J connectivity index is 1.90. The summed E-state index contributed by atoms with van der Waals surface area (Å²) < 4.78 is -0.0130. The average molecular weight is 321 g/mol. The minimum Gasteiger partial charge on any atom is -0.368 e. The summed E-state index contributed by atoms with van der Waals surface area (Å²) in [4.78, 5) is 16.6. The molecule has 1 fully saturated rings. The Hall–Kier alpha value is -1.16. The third kappa shape index (κ3) is 4.67. The topological polar surface area (TPSA) is 23.6 Å². The Kier molecular flexibility index (Phi) is 5.43. The second-order valence-corrected chi connectivity index (χ2v) is 8.98. The highest BCUT2D eigenvalue weighted by Gasteiger charge is 2.25. The molecule has 122 valence electrons. The summed E-state index contributed by atoms with van der Waals surface area (Å²) in [7, 11) is 0. The molecule has 2 rings (SSSR count). The van der Waals surface area contributed by atoms with E-state index < -0.39 is 0 Å². The number of amides is 1. The van der Waals surface area contributed by atoms with Crippen LogP contribution in [0.25, 0.3) is 0 Å². The van der Waals surface area contributed by atoms with Crippen LogP contribution in [0.15, 0.2) is 24.3 Å². The molecule has 1 aromatic rings. The van der Waals surface area contributed by atoms with Crippen molar-refractivity contribution in [1.82, 2.24) is 4.90 Å². The van der Waals surface area contributed by atoms with Crippen molar-refractivity contribution in [2.75, 3.05) is 31.1 Å². The zero-order valence-corrected chi connectivity index (χ0v) is 15.2. The number of rotatable bonds is 2. The van der Waals surface area contributed by atoms with E-state index in [-0.39, 0.29) is 9.99 Å². The molecule has 1 heterocycles. The zero-order valence-electron chi connectivity index (χ0n) is 14.4. The highest BCUT2D eigenvalue weighted by atomic mass is 32.2. The van der Waals surface area contributed by atoms with Gasteiger partial charge in [-0.2, -0.15) is 0 Å². The number of carbonyl (C=O) groups is 1. The maximum Gasteiger partial charge on any atom is 0.282 e. The van der Waals surface area contributed by atoms with E-state index in [1.54, 1.807) is 0 Å². The first-order chi connectivity index (χ1) is 10.3. The van der Waals surface area contributed by atoms with Crippen LogP contribution in [0.3, 0.4) is 0 Å². The molecule has 22 heavy (non-hydrogen) atoms. The van der Waals surface area contributed by atoms with Gasteiger partial charge >= 0.3 is 0 Å². The number of benzene rings is 1. The van der Waals surface area contributed by atoms with E-state index in [0.29, 0.717) is 5.92 Å². The molecule has 0 bridgehead atoms. The van der Waals surface area contributed by atoms with Crippen LogP contribution in [0.2, 0.25) is 0 Å². The van der Waals surface area contributed by atoms with Crippen LogP contribution in [0.4, 0.5) is 10.5 Å². The zero-order chi connectivity index (χ0) is 16.3. The normalized spacial score (nSPS) is 16.3. The summed E-state index contributed by atoms with van der Waals surface area (Å²) in [5.74, 6) is 0.568. The van der Waals surface area contributed by atoms with Crippen LogP contribution in [0, 0.1) is 0 Å². The number of hydrogen-bond donors (Lipinski definition) is 0. The Morgan fingerprint density at radius 2 is 1.59 bits per heavy atom. The van der Waals surface area contributed by atoms with E-state index in [1.807, 2.05) is 4.90 Å². The fraction of sp³-hybridized carbons (Fsp3) is 0.611. The average Bonchev–Trinajstić information content (AvgIpc) is 2.46. The summed E-state index contributed by atoms with van der Waals surface area (Å²) in [6, 6.07) is 8.84. The lowest BCUT2D eigenvalue weighted by atomic mass is 10.0. The molecule has 0 aliphatic carbocycles. The lowest BCUT2D eigenvalue weighted by Gasteiger charge is -2.36. The quantitative estimate of drug-likeness (QED) is 0.796. The molecule has 1 saturated heterocycles. The Morgan fingerprint density at radius 1 is 1.05 bits per heavy atom. The van der Waals surface area contributed by atoms with E-state index in [0.717, 1.165) is 26.2 Å². The number of thioether (sulfide) groups is 1. The summed E-state index contributed by atoms with van der Waals surface area (Å²) in [5, 5.41) is 0.210. The van der Waals surface area contributed by atoms with Crippen LogP contribution in [-0.2, 0) is 0 Å². The second-order valence-electron chi connectivity index (χ2n) is 7.20. The molecule has 0 unspecified atom stereocenters. The standard InChI is InChI=1S/C18H28N2OS/c1-14(2)15-6-8-16(9-7-15)19-10-12-20(13-11-19)17(21)22-18(3,4)5/h6-9,14H,10-13H2,1-5H3. The van der Waals surface area contributed by atoms with Crippen LogP contribution < -0.4 is 4.90 Å². The number of anilines is 1. The van der Waals surface area contributed by atoms with Crippen LogP contribution in [0.1, 0.15) is 46.1 Å². The van der Waals surface area contributed by atoms with Gasteiger partial charge in [0.25, 0.3) is 5.24 Å². The van der Waals surface area contributed by atoms with E-state index in [9.17, 15) is 4.79 Å². The van der Waals surface area contributed by atoms with Gasteiger partial charge in [0.2, 0.25) is 0 Å². The maximum atomic E-state index is 12.2.